The zero-order chi connectivity index (χ0) is 24.1. The molecule has 0 amide bonds. The van der Waals surface area contributed by atoms with Crippen LogP contribution in [0.25, 0.3) is 10.8 Å². The minimum absolute atomic E-state index is 0.155. The summed E-state index contributed by atoms with van der Waals surface area (Å²) in [7, 11) is 0. The number of halogens is 4. The summed E-state index contributed by atoms with van der Waals surface area (Å²) in [5.41, 5.74) is 2.18. The summed E-state index contributed by atoms with van der Waals surface area (Å²) in [5, 5.41) is 0.653. The molecular weight excluding hydrogens is 436 g/mol. The predicted molar refractivity (Wildman–Crippen MR) is 127 cm³/mol. The van der Waals surface area contributed by atoms with Gasteiger partial charge in [-0.05, 0) is 72.3 Å². The molecule has 0 bridgehead atoms. The maximum atomic E-state index is 14.5. The van der Waals surface area contributed by atoms with Crippen molar-refractivity contribution in [3.8, 4) is 23.7 Å². The van der Waals surface area contributed by atoms with E-state index in [2.05, 4.69) is 30.3 Å². The first-order valence-corrected chi connectivity index (χ1v) is 10.6. The molecule has 0 aliphatic rings. The number of fused-ring (bicyclic) bond motifs is 1. The van der Waals surface area contributed by atoms with E-state index in [1.807, 2.05) is 6.07 Å². The third kappa shape index (κ3) is 5.20. The van der Waals surface area contributed by atoms with Gasteiger partial charge in [0, 0.05) is 16.5 Å². The fraction of sp³-hybridized carbons (Fsp3) is 0.0667. The van der Waals surface area contributed by atoms with Crippen LogP contribution in [0.5, 0.6) is 0 Å². The van der Waals surface area contributed by atoms with Crippen LogP contribution in [0.4, 0.5) is 17.6 Å². The second-order valence-electron chi connectivity index (χ2n) is 7.63. The Bertz CT molecular complexity index is 1520. The highest BCUT2D eigenvalue weighted by atomic mass is 19.2. The van der Waals surface area contributed by atoms with Crippen LogP contribution in [0, 0.1) is 47.0 Å². The molecule has 0 spiro atoms. The fourth-order valence-electron chi connectivity index (χ4n) is 3.40. The number of aryl methyl sites for hydroxylation is 1. The lowest BCUT2D eigenvalue weighted by Gasteiger charge is -2.01. The van der Waals surface area contributed by atoms with Crippen molar-refractivity contribution in [2.75, 3.05) is 0 Å². The Morgan fingerprint density at radius 3 is 1.97 bits per heavy atom. The Hall–Kier alpha value is -4.28. The monoisotopic (exact) mass is 454 g/mol. The van der Waals surface area contributed by atoms with Crippen LogP contribution >= 0.6 is 0 Å². The molecule has 0 saturated carbocycles. The Kier molecular flexibility index (Phi) is 6.81. The highest BCUT2D eigenvalue weighted by Gasteiger charge is 2.07. The minimum Gasteiger partial charge on any atom is -0.206 e. The molecule has 0 atom stereocenters. The molecule has 4 aromatic rings. The zero-order valence-corrected chi connectivity index (χ0v) is 18.1. The molecule has 0 aromatic heterocycles. The van der Waals surface area contributed by atoms with Crippen LogP contribution in [0.2, 0.25) is 0 Å². The average molecular weight is 454 g/mol. The minimum atomic E-state index is -0.917. The molecule has 0 radical (unpaired) electrons. The van der Waals surface area contributed by atoms with Gasteiger partial charge in [0.25, 0.3) is 0 Å². The summed E-state index contributed by atoms with van der Waals surface area (Å²) >= 11 is 0. The van der Waals surface area contributed by atoms with E-state index in [4.69, 9.17) is 0 Å². The topological polar surface area (TPSA) is 0 Å². The van der Waals surface area contributed by atoms with Crippen LogP contribution in [0.3, 0.4) is 0 Å². The molecule has 0 nitrogen and oxygen atoms in total. The van der Waals surface area contributed by atoms with Gasteiger partial charge in [-0.15, -0.1) is 6.58 Å². The predicted octanol–water partition coefficient (Wildman–Crippen LogP) is 7.31. The highest BCUT2D eigenvalue weighted by molar-refractivity contribution is 5.84. The number of benzene rings is 4. The summed E-state index contributed by atoms with van der Waals surface area (Å²) in [5.74, 6) is 8.28. The molecule has 4 heteroatoms. The molecule has 4 rings (SSSR count). The molecule has 0 unspecified atom stereocenters. The van der Waals surface area contributed by atoms with E-state index in [1.165, 1.54) is 30.3 Å². The van der Waals surface area contributed by atoms with Crippen LogP contribution in [0.1, 0.15) is 34.2 Å². The standard InChI is InChI=1S/C30H18F4/c1-2-3-4-20-5-10-23(28(32)18-20)12-7-22-8-13-24(29(33)19-22)11-6-21-9-15-26-25(17-21)14-16-27(31)30(26)34/h2,5,8-10,13-19H,1,3-4H2. The van der Waals surface area contributed by atoms with Gasteiger partial charge in [0.1, 0.15) is 11.6 Å². The Balaban J connectivity index is 1.53. The lowest BCUT2D eigenvalue weighted by atomic mass is 10.1. The summed E-state index contributed by atoms with van der Waals surface area (Å²) in [6, 6.07) is 16.3. The summed E-state index contributed by atoms with van der Waals surface area (Å²) in [6.45, 7) is 3.66. The van der Waals surface area contributed by atoms with Crippen molar-refractivity contribution in [3.05, 3.63) is 130 Å². The van der Waals surface area contributed by atoms with E-state index >= 15 is 0 Å². The SMILES string of the molecule is C=CCCc1ccc(C#Cc2ccc(C#Cc3ccc4c(F)c(F)ccc4c3)c(F)c2)c(F)c1. The van der Waals surface area contributed by atoms with E-state index in [1.54, 1.807) is 30.3 Å². The van der Waals surface area contributed by atoms with Crippen LogP contribution in [-0.4, -0.2) is 0 Å². The number of hydrogen-bond donors (Lipinski definition) is 0. The molecule has 0 fully saturated rings. The van der Waals surface area contributed by atoms with Gasteiger partial charge in [0.15, 0.2) is 11.6 Å². The zero-order valence-electron chi connectivity index (χ0n) is 18.1. The van der Waals surface area contributed by atoms with Gasteiger partial charge in [0.05, 0.1) is 11.1 Å². The fourth-order valence-corrected chi connectivity index (χ4v) is 3.40. The summed E-state index contributed by atoms with van der Waals surface area (Å²) in [6.07, 6.45) is 3.24. The maximum Gasteiger partial charge on any atom is 0.166 e. The first-order chi connectivity index (χ1) is 16.4. The third-order valence-electron chi connectivity index (χ3n) is 5.23. The second kappa shape index (κ2) is 10.1. The van der Waals surface area contributed by atoms with Gasteiger partial charge in [-0.2, -0.15) is 0 Å². The van der Waals surface area contributed by atoms with E-state index in [-0.39, 0.29) is 16.5 Å². The van der Waals surface area contributed by atoms with Gasteiger partial charge in [-0.3, -0.25) is 0 Å². The van der Waals surface area contributed by atoms with Crippen LogP contribution < -0.4 is 0 Å². The van der Waals surface area contributed by atoms with Crippen molar-refractivity contribution in [3.63, 3.8) is 0 Å². The molecule has 166 valence electrons. The summed E-state index contributed by atoms with van der Waals surface area (Å²) in [4.78, 5) is 0. The highest BCUT2D eigenvalue weighted by Crippen LogP contribution is 2.21. The average Bonchev–Trinajstić information content (AvgIpc) is 2.84. The largest absolute Gasteiger partial charge is 0.206 e. The Morgan fingerprint density at radius 2 is 1.29 bits per heavy atom. The van der Waals surface area contributed by atoms with Crippen molar-refractivity contribution in [2.45, 2.75) is 12.8 Å². The molecule has 34 heavy (non-hydrogen) atoms. The molecule has 0 aliphatic carbocycles. The molecule has 0 N–H and O–H groups in total. The Morgan fingerprint density at radius 1 is 0.647 bits per heavy atom. The van der Waals surface area contributed by atoms with Crippen molar-refractivity contribution in [1.29, 1.82) is 0 Å². The smallest absolute Gasteiger partial charge is 0.166 e. The van der Waals surface area contributed by atoms with Gasteiger partial charge in [-0.1, -0.05) is 48.0 Å². The van der Waals surface area contributed by atoms with Gasteiger partial charge < -0.3 is 0 Å². The molecule has 4 aromatic carbocycles. The number of rotatable bonds is 3. The first-order valence-electron chi connectivity index (χ1n) is 10.6. The van der Waals surface area contributed by atoms with Crippen molar-refractivity contribution >= 4 is 10.8 Å². The van der Waals surface area contributed by atoms with E-state index in [0.29, 0.717) is 22.9 Å². The number of allylic oxidation sites excluding steroid dienone is 1. The maximum absolute atomic E-state index is 14.5. The number of hydrogen-bond acceptors (Lipinski definition) is 0. The first kappa shape index (κ1) is 22.9. The lowest BCUT2D eigenvalue weighted by molar-refractivity contribution is 0.517. The molecule has 0 saturated heterocycles. The van der Waals surface area contributed by atoms with Gasteiger partial charge >= 0.3 is 0 Å². The third-order valence-corrected chi connectivity index (χ3v) is 5.23. The quantitative estimate of drug-likeness (QED) is 0.173. The molecule has 0 aliphatic heterocycles. The van der Waals surface area contributed by atoms with E-state index in [9.17, 15) is 17.6 Å². The van der Waals surface area contributed by atoms with E-state index in [0.717, 1.165) is 18.1 Å². The summed E-state index contributed by atoms with van der Waals surface area (Å²) < 4.78 is 56.0. The van der Waals surface area contributed by atoms with Crippen molar-refractivity contribution in [1.82, 2.24) is 0 Å². The Labute approximate surface area is 195 Å². The second-order valence-corrected chi connectivity index (χ2v) is 7.63. The van der Waals surface area contributed by atoms with Crippen molar-refractivity contribution < 1.29 is 17.6 Å². The van der Waals surface area contributed by atoms with E-state index < -0.39 is 23.3 Å². The lowest BCUT2D eigenvalue weighted by Crippen LogP contribution is -1.90. The van der Waals surface area contributed by atoms with Crippen molar-refractivity contribution in [2.24, 2.45) is 0 Å². The molecule has 0 heterocycles. The molecular formula is C30H18F4. The van der Waals surface area contributed by atoms with Crippen LogP contribution in [0.15, 0.2) is 79.4 Å². The normalized spacial score (nSPS) is 10.2. The van der Waals surface area contributed by atoms with Crippen LogP contribution in [-0.2, 0) is 6.42 Å². The van der Waals surface area contributed by atoms with Gasteiger partial charge in [0.2, 0.25) is 0 Å². The van der Waals surface area contributed by atoms with Gasteiger partial charge in [-0.25, -0.2) is 17.6 Å².